The predicted molar refractivity (Wildman–Crippen MR) is 114 cm³/mol. The molecule has 0 aliphatic carbocycles. The maximum atomic E-state index is 14.8. The molecule has 0 saturated carbocycles. The number of hydrogen-bond donors (Lipinski definition) is 0. The van der Waals surface area contributed by atoms with E-state index < -0.39 is 23.8 Å². The summed E-state index contributed by atoms with van der Waals surface area (Å²) in [5, 5.41) is 8.88. The smallest absolute Gasteiger partial charge is 0.247 e. The molecule has 1 aromatic heterocycles. The Kier molecular flexibility index (Phi) is 5.62. The normalized spacial score (nSPS) is 15.0. The average molecular weight is 442 g/mol. The third-order valence-electron chi connectivity index (χ3n) is 4.87. The Hall–Kier alpha value is -3.07. The van der Waals surface area contributed by atoms with Crippen LogP contribution in [0.25, 0.3) is 11.3 Å². The van der Waals surface area contributed by atoms with Gasteiger partial charge >= 0.3 is 0 Å². The number of ether oxygens (including phenoxy) is 1. The zero-order chi connectivity index (χ0) is 22.3. The number of aromatic nitrogens is 3. The van der Waals surface area contributed by atoms with Crippen molar-refractivity contribution in [3.05, 3.63) is 58.7 Å². The molecule has 1 amide bonds. The standard InChI is InChI=1S/C22H20F2N4O2S/c1-5-31-22-25-20-18(26-27-22)16-9-11(2)8-12(3)19(16)28(13(4)29)21(30-20)15-10-14(23)6-7-17(15)24/h6-10,21H,5H2,1-4H3/t21-/m1/s1. The molecule has 2 heterocycles. The monoisotopic (exact) mass is 442 g/mol. The summed E-state index contributed by atoms with van der Waals surface area (Å²) in [6, 6.07) is 6.82. The van der Waals surface area contributed by atoms with Gasteiger partial charge in [0.25, 0.3) is 0 Å². The van der Waals surface area contributed by atoms with Crippen molar-refractivity contribution >= 4 is 23.4 Å². The third kappa shape index (κ3) is 3.85. The Bertz CT molecular complexity index is 1190. The second-order valence-corrected chi connectivity index (χ2v) is 8.42. The first-order chi connectivity index (χ1) is 14.8. The fourth-order valence-electron chi connectivity index (χ4n) is 3.70. The summed E-state index contributed by atoms with van der Waals surface area (Å²) in [6.45, 7) is 7.06. The first-order valence-corrected chi connectivity index (χ1v) is 10.7. The second kappa shape index (κ2) is 8.22. The van der Waals surface area contributed by atoms with E-state index in [1.54, 1.807) is 0 Å². The van der Waals surface area contributed by atoms with E-state index in [1.807, 2.05) is 32.9 Å². The van der Waals surface area contributed by atoms with Gasteiger partial charge in [-0.2, -0.15) is 4.98 Å². The van der Waals surface area contributed by atoms with Crippen molar-refractivity contribution in [2.45, 2.75) is 39.1 Å². The molecule has 3 aromatic rings. The minimum atomic E-state index is -1.27. The van der Waals surface area contributed by atoms with Crippen LogP contribution in [0, 0.1) is 25.5 Å². The summed E-state index contributed by atoms with van der Waals surface area (Å²) in [7, 11) is 0. The summed E-state index contributed by atoms with van der Waals surface area (Å²) < 4.78 is 34.9. The molecule has 0 saturated heterocycles. The molecule has 0 radical (unpaired) electrons. The van der Waals surface area contributed by atoms with E-state index in [4.69, 9.17) is 4.74 Å². The molecule has 9 heteroatoms. The molecular formula is C22H20F2N4O2S. The molecule has 4 rings (SSSR count). The van der Waals surface area contributed by atoms with Crippen LogP contribution < -0.4 is 9.64 Å². The summed E-state index contributed by atoms with van der Waals surface area (Å²) >= 11 is 1.37. The van der Waals surface area contributed by atoms with Crippen molar-refractivity contribution in [2.75, 3.05) is 10.7 Å². The highest BCUT2D eigenvalue weighted by Gasteiger charge is 2.37. The number of carbonyl (C=O) groups is 1. The van der Waals surface area contributed by atoms with E-state index >= 15 is 0 Å². The van der Waals surface area contributed by atoms with Crippen molar-refractivity contribution in [3.8, 4) is 17.1 Å². The number of benzene rings is 2. The van der Waals surface area contributed by atoms with Gasteiger partial charge in [0.2, 0.25) is 23.2 Å². The lowest BCUT2D eigenvalue weighted by Gasteiger charge is -2.31. The van der Waals surface area contributed by atoms with Crippen molar-refractivity contribution in [2.24, 2.45) is 0 Å². The number of halogens is 2. The van der Waals surface area contributed by atoms with Crippen LogP contribution in [-0.2, 0) is 4.79 Å². The molecule has 160 valence electrons. The molecule has 0 spiro atoms. The van der Waals surface area contributed by atoms with Gasteiger partial charge in [0.05, 0.1) is 11.3 Å². The summed E-state index contributed by atoms with van der Waals surface area (Å²) in [5.41, 5.74) is 3.02. The minimum absolute atomic E-state index is 0.106. The lowest BCUT2D eigenvalue weighted by Crippen LogP contribution is -2.37. The highest BCUT2D eigenvalue weighted by atomic mass is 32.2. The van der Waals surface area contributed by atoms with Crippen LogP contribution in [0.1, 0.15) is 36.8 Å². The van der Waals surface area contributed by atoms with Crippen LogP contribution in [0.5, 0.6) is 5.88 Å². The Balaban J connectivity index is 2.04. The SMILES string of the molecule is CCSc1nnc2c(n1)O[C@H](c1cc(F)ccc1F)N(C(C)=O)c1c(C)cc(C)cc1-2. The Morgan fingerprint density at radius 3 is 2.68 bits per heavy atom. The van der Waals surface area contributed by atoms with E-state index in [0.717, 1.165) is 35.1 Å². The molecule has 0 bridgehead atoms. The molecule has 6 nitrogen and oxygen atoms in total. The Labute approximate surface area is 182 Å². The van der Waals surface area contributed by atoms with Gasteiger partial charge in [-0.05, 0) is 49.4 Å². The van der Waals surface area contributed by atoms with Crippen LogP contribution in [0.4, 0.5) is 14.5 Å². The van der Waals surface area contributed by atoms with Crippen LogP contribution >= 0.6 is 11.8 Å². The zero-order valence-corrected chi connectivity index (χ0v) is 18.3. The van der Waals surface area contributed by atoms with Crippen molar-refractivity contribution < 1.29 is 18.3 Å². The fourth-order valence-corrected chi connectivity index (χ4v) is 4.21. The van der Waals surface area contributed by atoms with Gasteiger partial charge in [0, 0.05) is 12.5 Å². The number of fused-ring (bicyclic) bond motifs is 3. The quantitative estimate of drug-likeness (QED) is 0.533. The summed E-state index contributed by atoms with van der Waals surface area (Å²) in [5.74, 6) is -0.911. The molecule has 31 heavy (non-hydrogen) atoms. The predicted octanol–water partition coefficient (Wildman–Crippen LogP) is 4.99. The van der Waals surface area contributed by atoms with Gasteiger partial charge < -0.3 is 4.74 Å². The van der Waals surface area contributed by atoms with E-state index in [9.17, 15) is 13.6 Å². The highest BCUT2D eigenvalue weighted by Crippen LogP contribution is 2.45. The number of thioether (sulfide) groups is 1. The molecular weight excluding hydrogens is 422 g/mol. The lowest BCUT2D eigenvalue weighted by atomic mass is 10.00. The topological polar surface area (TPSA) is 68.2 Å². The van der Waals surface area contributed by atoms with Gasteiger partial charge in [-0.1, -0.05) is 30.3 Å². The van der Waals surface area contributed by atoms with Crippen LogP contribution in [0.3, 0.4) is 0 Å². The molecule has 0 N–H and O–H groups in total. The molecule has 1 aliphatic rings. The molecule has 1 atom stereocenters. The minimum Gasteiger partial charge on any atom is -0.447 e. The van der Waals surface area contributed by atoms with Crippen LogP contribution in [0.15, 0.2) is 35.5 Å². The first-order valence-electron chi connectivity index (χ1n) is 9.70. The van der Waals surface area contributed by atoms with Crippen molar-refractivity contribution in [1.82, 2.24) is 15.2 Å². The number of anilines is 1. The maximum absolute atomic E-state index is 14.8. The molecule has 1 aliphatic heterocycles. The molecule has 0 fully saturated rings. The van der Waals surface area contributed by atoms with E-state index in [0.29, 0.717) is 22.1 Å². The van der Waals surface area contributed by atoms with Gasteiger partial charge in [0.15, 0.2) is 5.69 Å². The highest BCUT2D eigenvalue weighted by molar-refractivity contribution is 7.99. The summed E-state index contributed by atoms with van der Waals surface area (Å²) in [4.78, 5) is 18.6. The first kappa shape index (κ1) is 21.2. The largest absolute Gasteiger partial charge is 0.447 e. The Morgan fingerprint density at radius 2 is 1.97 bits per heavy atom. The number of rotatable bonds is 3. The van der Waals surface area contributed by atoms with Crippen LogP contribution in [-0.4, -0.2) is 26.8 Å². The zero-order valence-electron chi connectivity index (χ0n) is 17.4. The molecule has 2 aromatic carbocycles. The Morgan fingerprint density at radius 1 is 1.19 bits per heavy atom. The van der Waals surface area contributed by atoms with Gasteiger partial charge in [-0.25, -0.2) is 8.78 Å². The van der Waals surface area contributed by atoms with E-state index in [2.05, 4.69) is 15.2 Å². The van der Waals surface area contributed by atoms with Gasteiger partial charge in [0.1, 0.15) is 11.6 Å². The van der Waals surface area contributed by atoms with Crippen LogP contribution in [0.2, 0.25) is 0 Å². The second-order valence-electron chi connectivity index (χ2n) is 7.18. The number of amides is 1. The number of aryl methyl sites for hydroxylation is 2. The molecule has 0 unspecified atom stereocenters. The summed E-state index contributed by atoms with van der Waals surface area (Å²) in [6.07, 6.45) is -1.27. The number of hydrogen-bond acceptors (Lipinski definition) is 6. The lowest BCUT2D eigenvalue weighted by molar-refractivity contribution is -0.118. The van der Waals surface area contributed by atoms with Gasteiger partial charge in [-0.3, -0.25) is 9.69 Å². The van der Waals surface area contributed by atoms with E-state index in [1.165, 1.54) is 23.6 Å². The maximum Gasteiger partial charge on any atom is 0.247 e. The van der Waals surface area contributed by atoms with Gasteiger partial charge in [-0.15, -0.1) is 10.2 Å². The number of nitrogens with zero attached hydrogens (tertiary/aromatic N) is 4. The van der Waals surface area contributed by atoms with Crippen molar-refractivity contribution in [3.63, 3.8) is 0 Å². The number of carbonyl (C=O) groups excluding carboxylic acids is 1. The van der Waals surface area contributed by atoms with E-state index in [-0.39, 0.29) is 11.4 Å². The fraction of sp³-hybridized carbons (Fsp3) is 0.273. The average Bonchev–Trinajstić information content (AvgIpc) is 2.84. The van der Waals surface area contributed by atoms with Crippen molar-refractivity contribution in [1.29, 1.82) is 0 Å². The third-order valence-corrected chi connectivity index (χ3v) is 5.59.